The van der Waals surface area contributed by atoms with Crippen LogP contribution in [0.25, 0.3) is 0 Å². The van der Waals surface area contributed by atoms with Gasteiger partial charge in [0.1, 0.15) is 5.69 Å². The normalized spacial score (nSPS) is 13.4. The summed E-state index contributed by atoms with van der Waals surface area (Å²) in [5, 5.41) is 11.3. The van der Waals surface area contributed by atoms with Crippen LogP contribution in [0.5, 0.6) is 0 Å². The minimum absolute atomic E-state index is 0.0269. The van der Waals surface area contributed by atoms with E-state index in [0.29, 0.717) is 13.1 Å². The molecular weight excluding hydrogens is 280 g/mol. The van der Waals surface area contributed by atoms with Gasteiger partial charge in [0.05, 0.1) is 4.92 Å². The first-order chi connectivity index (χ1) is 9.56. The summed E-state index contributed by atoms with van der Waals surface area (Å²) in [6.07, 6.45) is 0. The van der Waals surface area contributed by atoms with Crippen molar-refractivity contribution in [3.63, 3.8) is 0 Å². The van der Waals surface area contributed by atoms with E-state index in [9.17, 15) is 10.1 Å². The van der Waals surface area contributed by atoms with Gasteiger partial charge >= 0.3 is 5.69 Å². The Morgan fingerprint density at radius 2 is 1.85 bits per heavy atom. The first kappa shape index (κ1) is 12.8. The third kappa shape index (κ3) is 2.08. The van der Waals surface area contributed by atoms with Gasteiger partial charge in [0.15, 0.2) is 0 Å². The second kappa shape index (κ2) is 4.72. The van der Waals surface area contributed by atoms with Crippen molar-refractivity contribution in [3.05, 3.63) is 56.5 Å². The van der Waals surface area contributed by atoms with Crippen molar-refractivity contribution < 1.29 is 4.92 Å². The van der Waals surface area contributed by atoms with Crippen molar-refractivity contribution in [2.75, 3.05) is 4.90 Å². The largest absolute Gasteiger partial charge is 0.342 e. The van der Waals surface area contributed by atoms with Crippen molar-refractivity contribution in [1.29, 1.82) is 0 Å². The average molecular weight is 291 g/mol. The maximum Gasteiger partial charge on any atom is 0.332 e. The molecule has 1 aliphatic rings. The molecule has 0 unspecified atom stereocenters. The van der Waals surface area contributed by atoms with Crippen LogP contribution < -0.4 is 4.90 Å². The molecule has 1 aliphatic heterocycles. The summed E-state index contributed by atoms with van der Waals surface area (Å²) in [6, 6.07) is 7.93. The van der Waals surface area contributed by atoms with Crippen LogP contribution in [-0.2, 0) is 13.1 Å². The maximum absolute atomic E-state index is 11.2. The number of halogens is 1. The predicted octanol–water partition coefficient (Wildman–Crippen LogP) is 2.87. The van der Waals surface area contributed by atoms with Gasteiger partial charge in [-0.1, -0.05) is 24.3 Å². The lowest BCUT2D eigenvalue weighted by Gasteiger charge is -2.16. The van der Waals surface area contributed by atoms with Crippen LogP contribution in [0.15, 0.2) is 24.3 Å². The Labute approximate surface area is 120 Å². The number of hydrogen-bond acceptors (Lipinski definition) is 5. The van der Waals surface area contributed by atoms with Gasteiger partial charge in [-0.25, -0.2) is 4.98 Å². The predicted molar refractivity (Wildman–Crippen MR) is 74.8 cm³/mol. The average Bonchev–Trinajstić information content (AvgIpc) is 2.80. The Bertz CT molecular complexity index is 680. The lowest BCUT2D eigenvalue weighted by Crippen LogP contribution is -2.18. The Kier molecular flexibility index (Phi) is 3.02. The summed E-state index contributed by atoms with van der Waals surface area (Å²) < 4.78 is 0. The van der Waals surface area contributed by atoms with Crippen LogP contribution in [0, 0.1) is 17.0 Å². The second-order valence-corrected chi connectivity index (χ2v) is 4.97. The minimum atomic E-state index is -0.454. The third-order valence-corrected chi connectivity index (χ3v) is 3.50. The number of anilines is 1. The van der Waals surface area contributed by atoms with Gasteiger partial charge in [-0.05, 0) is 29.7 Å². The van der Waals surface area contributed by atoms with E-state index in [-0.39, 0.29) is 22.5 Å². The first-order valence-corrected chi connectivity index (χ1v) is 6.44. The van der Waals surface area contributed by atoms with E-state index in [2.05, 4.69) is 9.97 Å². The fourth-order valence-corrected chi connectivity index (χ4v) is 2.64. The van der Waals surface area contributed by atoms with Crippen LogP contribution in [0.2, 0.25) is 5.28 Å². The molecule has 2 heterocycles. The quantitative estimate of drug-likeness (QED) is 0.483. The number of benzene rings is 1. The lowest BCUT2D eigenvalue weighted by atomic mass is 10.1. The van der Waals surface area contributed by atoms with E-state index >= 15 is 0 Å². The summed E-state index contributed by atoms with van der Waals surface area (Å²) in [5.74, 6) is 0.281. The highest BCUT2D eigenvalue weighted by molar-refractivity contribution is 6.28. The molecule has 2 aromatic rings. The van der Waals surface area contributed by atoms with Crippen LogP contribution in [0.3, 0.4) is 0 Å². The highest BCUT2D eigenvalue weighted by Gasteiger charge is 2.29. The number of nitrogens with zero attached hydrogens (tertiary/aromatic N) is 4. The molecule has 0 saturated heterocycles. The van der Waals surface area contributed by atoms with Gasteiger partial charge in [-0.3, -0.25) is 10.1 Å². The molecule has 0 N–H and O–H groups in total. The smallest absolute Gasteiger partial charge is 0.332 e. The molecule has 3 rings (SSSR count). The Balaban J connectivity index is 2.06. The number of aromatic nitrogens is 2. The van der Waals surface area contributed by atoms with E-state index < -0.39 is 4.92 Å². The molecule has 0 fully saturated rings. The topological polar surface area (TPSA) is 72.2 Å². The molecule has 0 amide bonds. The molecule has 0 atom stereocenters. The maximum atomic E-state index is 11.2. The van der Waals surface area contributed by atoms with Crippen molar-refractivity contribution >= 4 is 23.1 Å². The molecule has 0 radical (unpaired) electrons. The fraction of sp³-hybridized carbons (Fsp3) is 0.231. The SMILES string of the molecule is Cc1nc(Cl)nc(N2Cc3ccccc3C2)c1[N+](=O)[O-]. The second-order valence-electron chi connectivity index (χ2n) is 4.63. The molecule has 0 saturated carbocycles. The van der Waals surface area contributed by atoms with Crippen molar-refractivity contribution in [2.45, 2.75) is 20.0 Å². The zero-order chi connectivity index (χ0) is 14.3. The number of rotatable bonds is 2. The van der Waals surface area contributed by atoms with E-state index in [1.807, 2.05) is 29.2 Å². The zero-order valence-corrected chi connectivity index (χ0v) is 11.5. The van der Waals surface area contributed by atoms with Gasteiger partial charge < -0.3 is 4.90 Å². The van der Waals surface area contributed by atoms with Gasteiger partial charge in [0.2, 0.25) is 11.1 Å². The molecule has 102 valence electrons. The van der Waals surface area contributed by atoms with E-state index in [0.717, 1.165) is 11.1 Å². The molecule has 0 spiro atoms. The number of nitro groups is 1. The van der Waals surface area contributed by atoms with Crippen molar-refractivity contribution in [1.82, 2.24) is 9.97 Å². The summed E-state index contributed by atoms with van der Waals surface area (Å²) in [4.78, 5) is 20.6. The van der Waals surface area contributed by atoms with E-state index in [4.69, 9.17) is 11.6 Å². The Morgan fingerprint density at radius 3 is 2.40 bits per heavy atom. The number of fused-ring (bicyclic) bond motifs is 1. The molecule has 0 bridgehead atoms. The van der Waals surface area contributed by atoms with Crippen molar-refractivity contribution in [2.24, 2.45) is 0 Å². The summed E-state index contributed by atoms with van der Waals surface area (Å²) in [5.41, 5.74) is 2.49. The third-order valence-electron chi connectivity index (χ3n) is 3.34. The molecule has 7 heteroatoms. The van der Waals surface area contributed by atoms with Crippen LogP contribution in [-0.4, -0.2) is 14.9 Å². The van der Waals surface area contributed by atoms with E-state index in [1.54, 1.807) is 6.92 Å². The highest BCUT2D eigenvalue weighted by Crippen LogP contribution is 2.35. The van der Waals surface area contributed by atoms with Gasteiger partial charge in [-0.2, -0.15) is 4.98 Å². The monoisotopic (exact) mass is 290 g/mol. The Hall–Kier alpha value is -2.21. The Morgan fingerprint density at radius 1 is 1.25 bits per heavy atom. The molecular formula is C13H11ClN4O2. The highest BCUT2D eigenvalue weighted by atomic mass is 35.5. The minimum Gasteiger partial charge on any atom is -0.342 e. The molecule has 0 aliphatic carbocycles. The first-order valence-electron chi connectivity index (χ1n) is 6.06. The van der Waals surface area contributed by atoms with Crippen LogP contribution in [0.1, 0.15) is 16.8 Å². The van der Waals surface area contributed by atoms with Gasteiger partial charge in [0.25, 0.3) is 0 Å². The zero-order valence-electron chi connectivity index (χ0n) is 10.7. The summed E-state index contributed by atoms with van der Waals surface area (Å²) in [7, 11) is 0. The van der Waals surface area contributed by atoms with Gasteiger partial charge in [0, 0.05) is 13.1 Å². The van der Waals surface area contributed by atoms with Gasteiger partial charge in [-0.15, -0.1) is 0 Å². The van der Waals surface area contributed by atoms with Crippen LogP contribution >= 0.6 is 11.6 Å². The van der Waals surface area contributed by atoms with Crippen LogP contribution in [0.4, 0.5) is 11.5 Å². The molecule has 6 nitrogen and oxygen atoms in total. The number of aryl methyl sites for hydroxylation is 1. The molecule has 20 heavy (non-hydrogen) atoms. The van der Waals surface area contributed by atoms with Crippen molar-refractivity contribution in [3.8, 4) is 0 Å². The number of hydrogen-bond donors (Lipinski definition) is 0. The fourth-order valence-electron chi connectivity index (χ4n) is 2.44. The lowest BCUT2D eigenvalue weighted by molar-refractivity contribution is -0.385. The van der Waals surface area contributed by atoms with E-state index in [1.165, 1.54) is 0 Å². The summed E-state index contributed by atoms with van der Waals surface area (Å²) >= 11 is 5.85. The standard InChI is InChI=1S/C13H11ClN4O2/c1-8-11(18(19)20)12(16-13(14)15-8)17-6-9-4-2-3-5-10(9)7-17/h2-5H,6-7H2,1H3. The molecule has 1 aromatic carbocycles. The molecule has 1 aromatic heterocycles. The summed E-state index contributed by atoms with van der Waals surface area (Å²) in [6.45, 7) is 2.74.